The van der Waals surface area contributed by atoms with Gasteiger partial charge in [0.25, 0.3) is 5.69 Å². The standard InChI is InChI=1S/C18H21N3O2.C18H23N3.C2H6O/c1-20(10-9-14-5-3-2-4-6-14)16-7-8-18-15(11-16)12-17(13-19-18)21(22)23;1-21(10-9-14-5-3-2-4-6-14)17-7-8-18-15(12-17)11-16(19)13-20-18;1-2-3/h2-6,12-13,16H,7-11H2,1H3;2-6,11,13,17H,7-10,12,19H2,1H3;3H,2H2,1H3. The van der Waals surface area contributed by atoms with Crippen LogP contribution in [0.4, 0.5) is 11.4 Å². The van der Waals surface area contributed by atoms with Gasteiger partial charge in [-0.1, -0.05) is 60.7 Å². The minimum atomic E-state index is -0.365. The third-order valence-electron chi connectivity index (χ3n) is 9.12. The van der Waals surface area contributed by atoms with Crippen LogP contribution in [0.25, 0.3) is 0 Å². The number of hydrogen-bond donors (Lipinski definition) is 2. The third kappa shape index (κ3) is 10.9. The highest BCUT2D eigenvalue weighted by Crippen LogP contribution is 2.26. The van der Waals surface area contributed by atoms with Crippen molar-refractivity contribution in [3.8, 4) is 0 Å². The van der Waals surface area contributed by atoms with Crippen LogP contribution < -0.4 is 5.73 Å². The van der Waals surface area contributed by atoms with Crippen molar-refractivity contribution in [3.05, 3.63) is 129 Å². The lowest BCUT2D eigenvalue weighted by Crippen LogP contribution is -2.38. The van der Waals surface area contributed by atoms with E-state index in [1.54, 1.807) is 19.2 Å². The number of hydrogen-bond acceptors (Lipinski definition) is 8. The second-order valence-corrected chi connectivity index (χ2v) is 12.5. The molecule has 3 N–H and O–H groups in total. The summed E-state index contributed by atoms with van der Waals surface area (Å²) in [6, 6.07) is 26.0. The summed E-state index contributed by atoms with van der Waals surface area (Å²) in [4.78, 5) is 24.1. The van der Waals surface area contributed by atoms with Gasteiger partial charge in [-0.3, -0.25) is 20.1 Å². The smallest absolute Gasteiger partial charge is 0.287 e. The molecule has 4 aromatic rings. The highest BCUT2D eigenvalue weighted by molar-refractivity contribution is 5.41. The number of fused-ring (bicyclic) bond motifs is 2. The van der Waals surface area contributed by atoms with Crippen molar-refractivity contribution in [2.45, 2.75) is 70.4 Å². The summed E-state index contributed by atoms with van der Waals surface area (Å²) in [5, 5.41) is 18.5. The first kappa shape index (κ1) is 35.7. The lowest BCUT2D eigenvalue weighted by atomic mass is 9.90. The second kappa shape index (κ2) is 18.2. The number of aryl methyl sites for hydroxylation is 2. The molecular weight excluding hydrogens is 588 g/mol. The molecule has 0 amide bonds. The van der Waals surface area contributed by atoms with Crippen LogP contribution in [-0.2, 0) is 38.5 Å². The fourth-order valence-electron chi connectivity index (χ4n) is 6.32. The second-order valence-electron chi connectivity index (χ2n) is 12.5. The zero-order valence-electron chi connectivity index (χ0n) is 28.1. The highest BCUT2D eigenvalue weighted by Gasteiger charge is 2.25. The first-order chi connectivity index (χ1) is 22.8. The van der Waals surface area contributed by atoms with E-state index in [1.807, 2.05) is 6.07 Å². The van der Waals surface area contributed by atoms with E-state index >= 15 is 0 Å². The predicted octanol–water partition coefficient (Wildman–Crippen LogP) is 5.72. The van der Waals surface area contributed by atoms with Crippen molar-refractivity contribution in [1.82, 2.24) is 19.8 Å². The molecule has 0 bridgehead atoms. The van der Waals surface area contributed by atoms with E-state index in [0.717, 1.165) is 75.0 Å². The molecule has 2 aromatic carbocycles. The van der Waals surface area contributed by atoms with Crippen molar-refractivity contribution in [2.24, 2.45) is 0 Å². The minimum absolute atomic E-state index is 0.0938. The molecular formula is C38H50N6O3. The quantitative estimate of drug-likeness (QED) is 0.177. The Morgan fingerprint density at radius 2 is 1.26 bits per heavy atom. The Morgan fingerprint density at radius 1 is 0.809 bits per heavy atom. The molecule has 0 radical (unpaired) electrons. The molecule has 47 heavy (non-hydrogen) atoms. The summed E-state index contributed by atoms with van der Waals surface area (Å²) < 4.78 is 0. The SMILES string of the molecule is CCO.CN(CCc1ccccc1)C1CCc2ncc(N)cc2C1.CN(CCc1ccccc1)C1CCc2ncc([N+](=O)[O-])cc2C1. The fourth-order valence-corrected chi connectivity index (χ4v) is 6.32. The molecule has 0 fully saturated rings. The van der Waals surface area contributed by atoms with E-state index < -0.39 is 0 Å². The number of nitrogen functional groups attached to an aromatic ring is 1. The zero-order valence-corrected chi connectivity index (χ0v) is 28.1. The number of likely N-dealkylation sites (N-methyl/N-ethyl adjacent to an activating group) is 2. The summed E-state index contributed by atoms with van der Waals surface area (Å²) in [7, 11) is 4.38. The first-order valence-corrected chi connectivity index (χ1v) is 16.7. The monoisotopic (exact) mass is 638 g/mol. The Labute approximate surface area is 279 Å². The van der Waals surface area contributed by atoms with E-state index in [1.165, 1.54) is 35.0 Å². The molecule has 9 nitrogen and oxygen atoms in total. The average Bonchev–Trinajstić information content (AvgIpc) is 3.10. The zero-order chi connectivity index (χ0) is 33.6. The number of rotatable bonds is 9. The average molecular weight is 639 g/mol. The number of nitrogens with two attached hydrogens (primary N) is 1. The van der Waals surface area contributed by atoms with Gasteiger partial charge in [-0.05, 0) is 101 Å². The van der Waals surface area contributed by atoms with Crippen LogP contribution in [-0.4, -0.2) is 75.7 Å². The van der Waals surface area contributed by atoms with Crippen molar-refractivity contribution >= 4 is 11.4 Å². The lowest BCUT2D eigenvalue weighted by Gasteiger charge is -2.32. The van der Waals surface area contributed by atoms with Crippen molar-refractivity contribution in [1.29, 1.82) is 0 Å². The molecule has 2 atom stereocenters. The number of aliphatic hydroxyl groups is 1. The molecule has 0 saturated heterocycles. The van der Waals surface area contributed by atoms with Crippen LogP contribution in [0.3, 0.4) is 0 Å². The summed E-state index contributed by atoms with van der Waals surface area (Å²) in [5.41, 5.74) is 14.1. The molecule has 6 rings (SSSR count). The molecule has 2 aliphatic carbocycles. The van der Waals surface area contributed by atoms with Gasteiger partial charge in [0.1, 0.15) is 6.20 Å². The maximum Gasteiger partial charge on any atom is 0.287 e. The van der Waals surface area contributed by atoms with E-state index in [9.17, 15) is 10.1 Å². The Morgan fingerprint density at radius 3 is 1.72 bits per heavy atom. The Hall–Kier alpha value is -4.18. The van der Waals surface area contributed by atoms with Gasteiger partial charge in [0.15, 0.2) is 0 Å². The van der Waals surface area contributed by atoms with Gasteiger partial charge in [-0.2, -0.15) is 0 Å². The topological polar surface area (TPSA) is 122 Å². The molecule has 2 unspecified atom stereocenters. The molecule has 0 spiro atoms. The molecule has 2 heterocycles. The van der Waals surface area contributed by atoms with Crippen molar-refractivity contribution in [2.75, 3.05) is 39.5 Å². The van der Waals surface area contributed by atoms with E-state index in [0.29, 0.717) is 12.1 Å². The van der Waals surface area contributed by atoms with E-state index in [4.69, 9.17) is 10.8 Å². The van der Waals surface area contributed by atoms with Crippen LogP contribution >= 0.6 is 0 Å². The number of benzene rings is 2. The van der Waals surface area contributed by atoms with Crippen molar-refractivity contribution in [3.63, 3.8) is 0 Å². The number of aliphatic hydroxyl groups excluding tert-OH is 1. The van der Waals surface area contributed by atoms with Gasteiger partial charge in [0, 0.05) is 49.2 Å². The Balaban J connectivity index is 0.000000197. The molecule has 0 saturated carbocycles. The van der Waals surface area contributed by atoms with Crippen LogP contribution in [0.15, 0.2) is 85.2 Å². The normalized spacial score (nSPS) is 16.6. The van der Waals surface area contributed by atoms with Crippen molar-refractivity contribution < 1.29 is 10.0 Å². The van der Waals surface area contributed by atoms with Crippen LogP contribution in [0.2, 0.25) is 0 Å². The van der Waals surface area contributed by atoms with E-state index in [2.05, 4.69) is 94.5 Å². The number of anilines is 1. The molecule has 0 aliphatic heterocycles. The number of nitrogens with zero attached hydrogens (tertiary/aromatic N) is 5. The summed E-state index contributed by atoms with van der Waals surface area (Å²) in [6.45, 7) is 4.02. The molecule has 250 valence electrons. The van der Waals surface area contributed by atoms with Gasteiger partial charge in [-0.25, -0.2) is 0 Å². The maximum absolute atomic E-state index is 10.9. The minimum Gasteiger partial charge on any atom is -0.397 e. The summed E-state index contributed by atoms with van der Waals surface area (Å²) in [6.07, 6.45) is 11.4. The van der Waals surface area contributed by atoms with Gasteiger partial charge >= 0.3 is 0 Å². The molecule has 2 aromatic heterocycles. The lowest BCUT2D eigenvalue weighted by molar-refractivity contribution is -0.385. The summed E-state index contributed by atoms with van der Waals surface area (Å²) in [5.74, 6) is 0. The van der Waals surface area contributed by atoms with Crippen LogP contribution in [0.5, 0.6) is 0 Å². The fraction of sp³-hybridized carbons (Fsp3) is 0.421. The first-order valence-electron chi connectivity index (χ1n) is 16.7. The van der Waals surface area contributed by atoms with Crippen LogP contribution in [0.1, 0.15) is 53.4 Å². The van der Waals surface area contributed by atoms with Gasteiger partial charge in [0.05, 0.1) is 16.8 Å². The number of nitro groups is 1. The maximum atomic E-state index is 10.9. The molecule has 2 aliphatic rings. The van der Waals surface area contributed by atoms with Gasteiger partial charge < -0.3 is 20.6 Å². The Kier molecular flexibility index (Phi) is 13.8. The third-order valence-corrected chi connectivity index (χ3v) is 9.12. The van der Waals surface area contributed by atoms with Gasteiger partial charge in [-0.15, -0.1) is 0 Å². The van der Waals surface area contributed by atoms with Gasteiger partial charge in [0.2, 0.25) is 0 Å². The predicted molar refractivity (Wildman–Crippen MR) is 189 cm³/mol. The summed E-state index contributed by atoms with van der Waals surface area (Å²) >= 11 is 0. The van der Waals surface area contributed by atoms with Crippen LogP contribution in [0, 0.1) is 10.1 Å². The van der Waals surface area contributed by atoms with E-state index in [-0.39, 0.29) is 17.2 Å². The largest absolute Gasteiger partial charge is 0.397 e. The Bertz CT molecular complexity index is 1540. The number of aromatic nitrogens is 2. The molecule has 9 heteroatoms. The number of pyridine rings is 2. The highest BCUT2D eigenvalue weighted by atomic mass is 16.6.